The van der Waals surface area contributed by atoms with Gasteiger partial charge in [0.2, 0.25) is 0 Å². The summed E-state index contributed by atoms with van der Waals surface area (Å²) in [6.07, 6.45) is 0.398. The Kier molecular flexibility index (Phi) is 3.39. The van der Waals surface area contributed by atoms with Crippen LogP contribution in [0.2, 0.25) is 0 Å². The van der Waals surface area contributed by atoms with Gasteiger partial charge in [0.1, 0.15) is 6.10 Å². The molecule has 2 unspecified atom stereocenters. The fourth-order valence-corrected chi connectivity index (χ4v) is 3.34. The van der Waals surface area contributed by atoms with Crippen molar-refractivity contribution < 1.29 is 19.0 Å². The van der Waals surface area contributed by atoms with Gasteiger partial charge in [0, 0.05) is 30.3 Å². The number of nitrogens with one attached hydrogen (secondary N) is 1. The van der Waals surface area contributed by atoms with E-state index in [1.54, 1.807) is 6.07 Å². The van der Waals surface area contributed by atoms with E-state index in [0.717, 1.165) is 24.2 Å². The molecule has 0 saturated carbocycles. The highest BCUT2D eigenvalue weighted by atomic mass is 19.1. The van der Waals surface area contributed by atoms with E-state index in [-0.39, 0.29) is 24.0 Å². The van der Waals surface area contributed by atoms with Crippen LogP contribution < -0.4 is 15.0 Å². The first-order chi connectivity index (χ1) is 9.97. The largest absolute Gasteiger partial charge is 0.487 e. The number of amides is 1. The Balaban J connectivity index is 1.89. The molecule has 2 aliphatic heterocycles. The molecule has 114 valence electrons. The SMILES string of the molecule is CC1Cc2c(N3CC[C@H](NC(=O)O)C3C)ccc(F)c2O1. The van der Waals surface area contributed by atoms with Crippen LogP contribution in [0.1, 0.15) is 25.8 Å². The van der Waals surface area contributed by atoms with Gasteiger partial charge in [-0.15, -0.1) is 0 Å². The zero-order valence-electron chi connectivity index (χ0n) is 12.1. The summed E-state index contributed by atoms with van der Waals surface area (Å²) in [5, 5.41) is 11.4. The molecule has 3 rings (SSSR count). The summed E-state index contributed by atoms with van der Waals surface area (Å²) in [6.45, 7) is 4.66. The quantitative estimate of drug-likeness (QED) is 0.879. The zero-order valence-corrected chi connectivity index (χ0v) is 12.1. The van der Waals surface area contributed by atoms with Gasteiger partial charge in [-0.25, -0.2) is 9.18 Å². The van der Waals surface area contributed by atoms with E-state index in [1.165, 1.54) is 6.07 Å². The number of carbonyl (C=O) groups is 1. The van der Waals surface area contributed by atoms with Crippen LogP contribution in [0.25, 0.3) is 0 Å². The first-order valence-electron chi connectivity index (χ1n) is 7.21. The van der Waals surface area contributed by atoms with Crippen LogP contribution in [-0.2, 0) is 6.42 Å². The summed E-state index contributed by atoms with van der Waals surface area (Å²) in [4.78, 5) is 13.0. The normalized spacial score (nSPS) is 27.4. The van der Waals surface area contributed by atoms with Crippen molar-refractivity contribution in [3.63, 3.8) is 0 Å². The maximum atomic E-state index is 13.8. The Bertz CT molecular complexity index is 578. The lowest BCUT2D eigenvalue weighted by atomic mass is 10.1. The van der Waals surface area contributed by atoms with Gasteiger partial charge in [0.15, 0.2) is 11.6 Å². The minimum absolute atomic E-state index is 0.0264. The first kappa shape index (κ1) is 14.0. The molecule has 0 bridgehead atoms. The van der Waals surface area contributed by atoms with Crippen molar-refractivity contribution in [3.8, 4) is 5.75 Å². The molecule has 2 aliphatic rings. The number of benzene rings is 1. The first-order valence-corrected chi connectivity index (χ1v) is 7.21. The highest BCUT2D eigenvalue weighted by molar-refractivity contribution is 5.66. The molecule has 0 spiro atoms. The predicted molar refractivity (Wildman–Crippen MR) is 76.6 cm³/mol. The third kappa shape index (κ3) is 2.39. The molecule has 3 atom stereocenters. The smallest absolute Gasteiger partial charge is 0.404 e. The maximum Gasteiger partial charge on any atom is 0.404 e. The van der Waals surface area contributed by atoms with E-state index in [0.29, 0.717) is 12.2 Å². The average Bonchev–Trinajstić information content (AvgIpc) is 2.95. The fourth-order valence-electron chi connectivity index (χ4n) is 3.34. The van der Waals surface area contributed by atoms with E-state index in [4.69, 9.17) is 9.84 Å². The topological polar surface area (TPSA) is 61.8 Å². The third-order valence-electron chi connectivity index (χ3n) is 4.37. The van der Waals surface area contributed by atoms with Crippen LogP contribution in [0.3, 0.4) is 0 Å². The molecule has 1 fully saturated rings. The summed E-state index contributed by atoms with van der Waals surface area (Å²) in [6, 6.07) is 3.13. The molecule has 2 N–H and O–H groups in total. The lowest BCUT2D eigenvalue weighted by Crippen LogP contribution is -2.43. The Labute approximate surface area is 122 Å². The van der Waals surface area contributed by atoms with Crippen LogP contribution in [0.5, 0.6) is 5.75 Å². The van der Waals surface area contributed by atoms with E-state index < -0.39 is 6.09 Å². The molecular weight excluding hydrogens is 275 g/mol. The average molecular weight is 294 g/mol. The zero-order chi connectivity index (χ0) is 15.1. The van der Waals surface area contributed by atoms with Crippen molar-refractivity contribution >= 4 is 11.8 Å². The molecule has 1 amide bonds. The summed E-state index contributed by atoms with van der Waals surface area (Å²) in [5.74, 6) is 0.0204. The van der Waals surface area contributed by atoms with Gasteiger partial charge in [0.25, 0.3) is 0 Å². The molecule has 6 heteroatoms. The van der Waals surface area contributed by atoms with Gasteiger partial charge in [-0.05, 0) is 32.4 Å². The predicted octanol–water partition coefficient (Wildman–Crippen LogP) is 2.38. The van der Waals surface area contributed by atoms with Crippen LogP contribution in [0.15, 0.2) is 12.1 Å². The highest BCUT2D eigenvalue weighted by Gasteiger charge is 2.35. The highest BCUT2D eigenvalue weighted by Crippen LogP contribution is 2.40. The second-order valence-electron chi connectivity index (χ2n) is 5.79. The third-order valence-corrected chi connectivity index (χ3v) is 4.37. The van der Waals surface area contributed by atoms with Crippen LogP contribution in [-0.4, -0.2) is 35.9 Å². The van der Waals surface area contributed by atoms with E-state index in [2.05, 4.69) is 10.2 Å². The van der Waals surface area contributed by atoms with Crippen molar-refractivity contribution in [2.75, 3.05) is 11.4 Å². The molecule has 0 aliphatic carbocycles. The minimum atomic E-state index is -1.00. The second kappa shape index (κ2) is 5.09. The van der Waals surface area contributed by atoms with Crippen LogP contribution in [0.4, 0.5) is 14.9 Å². The number of fused-ring (bicyclic) bond motifs is 1. The lowest BCUT2D eigenvalue weighted by molar-refractivity contribution is 0.189. The summed E-state index contributed by atoms with van der Waals surface area (Å²) in [5.41, 5.74) is 1.85. The molecule has 21 heavy (non-hydrogen) atoms. The van der Waals surface area contributed by atoms with Crippen molar-refractivity contribution in [2.45, 2.75) is 44.9 Å². The molecular formula is C15H19FN2O3. The van der Waals surface area contributed by atoms with Gasteiger partial charge < -0.3 is 20.1 Å². The van der Waals surface area contributed by atoms with Crippen molar-refractivity contribution in [2.24, 2.45) is 0 Å². The molecule has 1 saturated heterocycles. The Morgan fingerprint density at radius 3 is 2.95 bits per heavy atom. The lowest BCUT2D eigenvalue weighted by Gasteiger charge is -2.28. The second-order valence-corrected chi connectivity index (χ2v) is 5.79. The molecule has 0 aromatic heterocycles. The number of hydrogen-bond donors (Lipinski definition) is 2. The standard InChI is InChI=1S/C15H19FN2O3/c1-8-7-10-13(4-3-11(16)14(10)21-8)18-6-5-12(9(18)2)17-15(19)20/h3-4,8-9,12,17H,5-7H2,1-2H3,(H,19,20)/t8?,9?,12-/m0/s1. The Morgan fingerprint density at radius 1 is 1.48 bits per heavy atom. The Morgan fingerprint density at radius 2 is 2.24 bits per heavy atom. The van der Waals surface area contributed by atoms with Crippen LogP contribution >= 0.6 is 0 Å². The number of carboxylic acid groups (broad SMARTS) is 1. The van der Waals surface area contributed by atoms with Gasteiger partial charge in [-0.2, -0.15) is 0 Å². The number of hydrogen-bond acceptors (Lipinski definition) is 3. The van der Waals surface area contributed by atoms with Gasteiger partial charge in [-0.1, -0.05) is 0 Å². The van der Waals surface area contributed by atoms with Crippen LogP contribution in [0, 0.1) is 5.82 Å². The molecule has 0 radical (unpaired) electrons. The molecule has 2 heterocycles. The summed E-state index contributed by atoms with van der Waals surface area (Å²) in [7, 11) is 0. The fraction of sp³-hybridized carbons (Fsp3) is 0.533. The number of ether oxygens (including phenoxy) is 1. The van der Waals surface area contributed by atoms with E-state index in [9.17, 15) is 9.18 Å². The number of nitrogens with zero attached hydrogens (tertiary/aromatic N) is 1. The van der Waals surface area contributed by atoms with Gasteiger partial charge in [0.05, 0.1) is 6.04 Å². The van der Waals surface area contributed by atoms with Crippen molar-refractivity contribution in [3.05, 3.63) is 23.5 Å². The van der Waals surface area contributed by atoms with Gasteiger partial charge in [-0.3, -0.25) is 0 Å². The van der Waals surface area contributed by atoms with Crippen molar-refractivity contribution in [1.29, 1.82) is 0 Å². The van der Waals surface area contributed by atoms with E-state index >= 15 is 0 Å². The van der Waals surface area contributed by atoms with Crippen molar-refractivity contribution in [1.82, 2.24) is 5.32 Å². The number of anilines is 1. The van der Waals surface area contributed by atoms with Gasteiger partial charge >= 0.3 is 6.09 Å². The minimum Gasteiger partial charge on any atom is -0.487 e. The molecule has 1 aromatic rings. The molecule has 1 aromatic carbocycles. The summed E-state index contributed by atoms with van der Waals surface area (Å²) >= 11 is 0. The number of halogens is 1. The van der Waals surface area contributed by atoms with E-state index in [1.807, 2.05) is 13.8 Å². The number of rotatable bonds is 2. The molecule has 5 nitrogen and oxygen atoms in total. The maximum absolute atomic E-state index is 13.8. The summed E-state index contributed by atoms with van der Waals surface area (Å²) < 4.78 is 19.4. The monoisotopic (exact) mass is 294 g/mol. The Hall–Kier alpha value is -1.98.